The number of nitrogens with one attached hydrogen (secondary N) is 1. The van der Waals surface area contributed by atoms with Gasteiger partial charge in [0, 0.05) is 5.56 Å². The van der Waals surface area contributed by atoms with Crippen molar-refractivity contribution < 1.29 is 14.3 Å². The summed E-state index contributed by atoms with van der Waals surface area (Å²) in [5.41, 5.74) is 2.53. The molecule has 1 aliphatic rings. The number of rotatable bonds is 7. The van der Waals surface area contributed by atoms with Gasteiger partial charge in [0.15, 0.2) is 22.5 Å². The zero-order valence-electron chi connectivity index (χ0n) is 18.3. The standard InChI is InChI=1S/C25H21ClN4O3S/c1-16(24(31)27-20-10-6-5-9-19(20)26)34-25-29-28-23(18-7-3-2-4-8-18)30(25)14-17-11-12-21-22(13-17)33-15-32-21/h2-13,16H,14-15H2,1H3,(H,27,31). The largest absolute Gasteiger partial charge is 0.454 e. The molecule has 1 aliphatic heterocycles. The number of anilines is 1. The molecule has 5 rings (SSSR count). The van der Waals surface area contributed by atoms with Crippen LogP contribution in [0.2, 0.25) is 5.02 Å². The molecule has 1 atom stereocenters. The summed E-state index contributed by atoms with van der Waals surface area (Å²) < 4.78 is 13.0. The molecule has 7 nitrogen and oxygen atoms in total. The average Bonchev–Trinajstić information content (AvgIpc) is 3.48. The topological polar surface area (TPSA) is 78.3 Å². The summed E-state index contributed by atoms with van der Waals surface area (Å²) in [5.74, 6) is 2.00. The fourth-order valence-corrected chi connectivity index (χ4v) is 4.58. The van der Waals surface area contributed by atoms with Gasteiger partial charge in [-0.15, -0.1) is 10.2 Å². The van der Waals surface area contributed by atoms with Gasteiger partial charge in [-0.2, -0.15) is 0 Å². The van der Waals surface area contributed by atoms with Gasteiger partial charge in [0.05, 0.1) is 22.5 Å². The molecule has 0 fully saturated rings. The fraction of sp³-hybridized carbons (Fsp3) is 0.160. The van der Waals surface area contributed by atoms with Crippen molar-refractivity contribution in [1.29, 1.82) is 0 Å². The van der Waals surface area contributed by atoms with E-state index in [9.17, 15) is 4.79 Å². The van der Waals surface area contributed by atoms with Crippen LogP contribution in [0.1, 0.15) is 12.5 Å². The van der Waals surface area contributed by atoms with E-state index in [2.05, 4.69) is 15.5 Å². The SMILES string of the molecule is CC(Sc1nnc(-c2ccccc2)n1Cc1ccc2c(c1)OCO2)C(=O)Nc1ccccc1Cl. The number of fused-ring (bicyclic) bond motifs is 1. The fourth-order valence-electron chi connectivity index (χ4n) is 3.55. The number of carbonyl (C=O) groups is 1. The Bertz CT molecular complexity index is 1330. The van der Waals surface area contributed by atoms with Crippen LogP contribution in [0.25, 0.3) is 11.4 Å². The van der Waals surface area contributed by atoms with Gasteiger partial charge in [-0.1, -0.05) is 71.9 Å². The first kappa shape index (κ1) is 22.3. The predicted octanol–water partition coefficient (Wildman–Crippen LogP) is 5.49. The third-order valence-electron chi connectivity index (χ3n) is 5.31. The van der Waals surface area contributed by atoms with Crippen molar-refractivity contribution in [3.05, 3.63) is 83.4 Å². The lowest BCUT2D eigenvalue weighted by Crippen LogP contribution is -2.23. The number of nitrogens with zero attached hydrogens (tertiary/aromatic N) is 3. The minimum absolute atomic E-state index is 0.169. The molecule has 0 spiro atoms. The number of para-hydroxylation sites is 1. The van der Waals surface area contributed by atoms with Gasteiger partial charge in [0.25, 0.3) is 0 Å². The zero-order chi connectivity index (χ0) is 23.5. The lowest BCUT2D eigenvalue weighted by atomic mass is 10.2. The van der Waals surface area contributed by atoms with E-state index in [1.54, 1.807) is 12.1 Å². The number of aromatic nitrogens is 3. The number of thioether (sulfide) groups is 1. The van der Waals surface area contributed by atoms with Gasteiger partial charge in [-0.25, -0.2) is 0 Å². The summed E-state index contributed by atoms with van der Waals surface area (Å²) in [5, 5.41) is 12.5. The molecule has 0 aliphatic carbocycles. The summed E-state index contributed by atoms with van der Waals surface area (Å²) in [6.07, 6.45) is 0. The summed E-state index contributed by atoms with van der Waals surface area (Å²) in [4.78, 5) is 12.9. The van der Waals surface area contributed by atoms with Gasteiger partial charge in [-0.3, -0.25) is 9.36 Å². The molecule has 0 saturated carbocycles. The van der Waals surface area contributed by atoms with Crippen LogP contribution in [0.5, 0.6) is 11.5 Å². The van der Waals surface area contributed by atoms with E-state index in [4.69, 9.17) is 21.1 Å². The van der Waals surface area contributed by atoms with Crippen molar-refractivity contribution in [1.82, 2.24) is 14.8 Å². The number of benzene rings is 3. The number of hydrogen-bond acceptors (Lipinski definition) is 6. The Balaban J connectivity index is 1.42. The van der Waals surface area contributed by atoms with Gasteiger partial charge in [0.2, 0.25) is 12.7 Å². The van der Waals surface area contributed by atoms with Crippen LogP contribution in [-0.2, 0) is 11.3 Å². The van der Waals surface area contributed by atoms with Gasteiger partial charge in [0.1, 0.15) is 0 Å². The Morgan fingerprint density at radius 2 is 1.82 bits per heavy atom. The summed E-state index contributed by atoms with van der Waals surface area (Å²) >= 11 is 7.53. The second-order valence-electron chi connectivity index (χ2n) is 7.68. The molecule has 34 heavy (non-hydrogen) atoms. The smallest absolute Gasteiger partial charge is 0.237 e. The average molecular weight is 493 g/mol. The first-order valence-corrected chi connectivity index (χ1v) is 11.9. The Morgan fingerprint density at radius 1 is 1.06 bits per heavy atom. The van der Waals surface area contributed by atoms with E-state index in [0.29, 0.717) is 28.2 Å². The summed E-state index contributed by atoms with van der Waals surface area (Å²) in [6.45, 7) is 2.56. The Hall–Kier alpha value is -3.49. The number of ether oxygens (including phenoxy) is 2. The number of amides is 1. The maximum Gasteiger partial charge on any atom is 0.237 e. The normalized spacial score (nSPS) is 13.0. The van der Waals surface area contributed by atoms with Crippen molar-refractivity contribution in [2.75, 3.05) is 12.1 Å². The van der Waals surface area contributed by atoms with Crippen LogP contribution < -0.4 is 14.8 Å². The molecular formula is C25H21ClN4O3S. The quantitative estimate of drug-likeness (QED) is 0.343. The molecule has 1 N–H and O–H groups in total. The minimum atomic E-state index is -0.431. The van der Waals surface area contributed by atoms with Crippen molar-refractivity contribution in [2.24, 2.45) is 0 Å². The van der Waals surface area contributed by atoms with E-state index >= 15 is 0 Å². The molecule has 1 unspecified atom stereocenters. The van der Waals surface area contributed by atoms with Crippen LogP contribution in [0, 0.1) is 0 Å². The lowest BCUT2D eigenvalue weighted by molar-refractivity contribution is -0.115. The van der Waals surface area contributed by atoms with Gasteiger partial charge >= 0.3 is 0 Å². The Kier molecular flexibility index (Phi) is 6.42. The van der Waals surface area contributed by atoms with Crippen molar-refractivity contribution in [2.45, 2.75) is 23.9 Å². The van der Waals surface area contributed by atoms with E-state index in [0.717, 1.165) is 22.7 Å². The van der Waals surface area contributed by atoms with Crippen LogP contribution >= 0.6 is 23.4 Å². The van der Waals surface area contributed by atoms with Crippen LogP contribution in [-0.4, -0.2) is 32.7 Å². The first-order chi connectivity index (χ1) is 16.6. The van der Waals surface area contributed by atoms with Crippen LogP contribution in [0.4, 0.5) is 5.69 Å². The minimum Gasteiger partial charge on any atom is -0.454 e. The molecule has 0 bridgehead atoms. The summed E-state index contributed by atoms with van der Waals surface area (Å²) in [6, 6.07) is 22.9. The van der Waals surface area contributed by atoms with Crippen LogP contribution in [0.3, 0.4) is 0 Å². The number of halogens is 1. The molecule has 172 valence electrons. The van der Waals surface area contributed by atoms with E-state index in [1.807, 2.05) is 72.2 Å². The predicted molar refractivity (Wildman–Crippen MR) is 133 cm³/mol. The van der Waals surface area contributed by atoms with Crippen molar-refractivity contribution in [3.8, 4) is 22.9 Å². The third kappa shape index (κ3) is 4.73. The Morgan fingerprint density at radius 3 is 2.65 bits per heavy atom. The molecule has 9 heteroatoms. The monoisotopic (exact) mass is 492 g/mol. The number of hydrogen-bond donors (Lipinski definition) is 1. The molecule has 2 heterocycles. The van der Waals surface area contributed by atoms with Crippen molar-refractivity contribution >= 4 is 35.0 Å². The molecule has 1 aromatic heterocycles. The number of carbonyl (C=O) groups excluding carboxylic acids is 1. The second kappa shape index (κ2) is 9.79. The zero-order valence-corrected chi connectivity index (χ0v) is 19.8. The van der Waals surface area contributed by atoms with E-state index in [1.165, 1.54) is 11.8 Å². The second-order valence-corrected chi connectivity index (χ2v) is 9.39. The van der Waals surface area contributed by atoms with Gasteiger partial charge in [-0.05, 0) is 36.8 Å². The molecular weight excluding hydrogens is 472 g/mol. The highest BCUT2D eigenvalue weighted by Crippen LogP contribution is 2.34. The van der Waals surface area contributed by atoms with E-state index in [-0.39, 0.29) is 12.7 Å². The maximum atomic E-state index is 12.9. The molecule has 0 radical (unpaired) electrons. The first-order valence-electron chi connectivity index (χ1n) is 10.7. The van der Waals surface area contributed by atoms with Crippen molar-refractivity contribution in [3.63, 3.8) is 0 Å². The van der Waals surface area contributed by atoms with E-state index < -0.39 is 5.25 Å². The Labute approximate surface area is 206 Å². The molecule has 3 aromatic carbocycles. The third-order valence-corrected chi connectivity index (χ3v) is 6.72. The molecule has 1 amide bonds. The highest BCUT2D eigenvalue weighted by molar-refractivity contribution is 8.00. The highest BCUT2D eigenvalue weighted by Gasteiger charge is 2.22. The molecule has 0 saturated heterocycles. The van der Waals surface area contributed by atoms with Crippen LogP contribution in [0.15, 0.2) is 78.0 Å². The lowest BCUT2D eigenvalue weighted by Gasteiger charge is -2.15. The highest BCUT2D eigenvalue weighted by atomic mass is 35.5. The van der Waals surface area contributed by atoms with Gasteiger partial charge < -0.3 is 14.8 Å². The molecule has 4 aromatic rings. The summed E-state index contributed by atoms with van der Waals surface area (Å²) in [7, 11) is 0. The maximum absolute atomic E-state index is 12.9.